The maximum atomic E-state index is 15.2. The van der Waals surface area contributed by atoms with Crippen molar-refractivity contribution in [2.45, 2.75) is 25.9 Å². The van der Waals surface area contributed by atoms with E-state index in [1.165, 1.54) is 6.20 Å². The second kappa shape index (κ2) is 8.21. The summed E-state index contributed by atoms with van der Waals surface area (Å²) in [6, 6.07) is 6.13. The Balaban J connectivity index is 1.91. The topological polar surface area (TPSA) is 70.7 Å². The molecule has 7 heteroatoms. The van der Waals surface area contributed by atoms with Crippen molar-refractivity contribution in [1.29, 1.82) is 0 Å². The quantitative estimate of drug-likeness (QED) is 0.613. The summed E-state index contributed by atoms with van der Waals surface area (Å²) in [4.78, 5) is 23.6. The Kier molecular flexibility index (Phi) is 5.75. The number of benzene rings is 1. The van der Waals surface area contributed by atoms with Gasteiger partial charge in [0.15, 0.2) is 5.78 Å². The van der Waals surface area contributed by atoms with Crippen LogP contribution < -0.4 is 5.32 Å². The number of pyridine rings is 1. The maximum absolute atomic E-state index is 15.2. The number of hydrogen-bond donors (Lipinski definition) is 2. The molecule has 3 aromatic rings. The minimum Gasteiger partial charge on any atom is -0.347 e. The predicted octanol–water partition coefficient (Wildman–Crippen LogP) is 4.07. The van der Waals surface area contributed by atoms with Crippen molar-refractivity contribution in [3.05, 3.63) is 82.4 Å². The third kappa shape index (κ3) is 3.81. The molecule has 0 saturated carbocycles. The number of halogens is 2. The third-order valence-corrected chi connectivity index (χ3v) is 4.46. The fourth-order valence-corrected chi connectivity index (χ4v) is 3.01. The van der Waals surface area contributed by atoms with Crippen LogP contribution in [-0.4, -0.2) is 20.7 Å². The van der Waals surface area contributed by atoms with E-state index in [2.05, 4.69) is 20.3 Å². The number of H-pyrrole nitrogens is 1. The fourth-order valence-electron chi connectivity index (χ4n) is 2.78. The molecule has 0 spiro atoms. The van der Waals surface area contributed by atoms with E-state index < -0.39 is 11.6 Å². The number of carbonyl (C=O) groups is 1. The normalized spacial score (nSPS) is 12.1. The molecule has 1 atom stereocenters. The number of imidazole rings is 1. The molecule has 0 radical (unpaired) electrons. The molecular formula is C19H18ClFN4O. The SMILES string of the molecule is CC[C@@H](NCc1cnc[nH]1)c1ccc(Cl)c(C(=O)c2cccnc2)c1F. The maximum Gasteiger partial charge on any atom is 0.199 e. The van der Waals surface area contributed by atoms with E-state index in [0.717, 1.165) is 5.69 Å². The van der Waals surface area contributed by atoms with E-state index in [9.17, 15) is 4.79 Å². The molecule has 1 aromatic carbocycles. The van der Waals surface area contributed by atoms with E-state index in [0.29, 0.717) is 24.1 Å². The van der Waals surface area contributed by atoms with Crippen molar-refractivity contribution < 1.29 is 9.18 Å². The molecule has 0 unspecified atom stereocenters. The first-order valence-corrected chi connectivity index (χ1v) is 8.62. The van der Waals surface area contributed by atoms with Gasteiger partial charge in [0.05, 0.1) is 16.9 Å². The Morgan fingerprint density at radius 3 is 2.81 bits per heavy atom. The van der Waals surface area contributed by atoms with Gasteiger partial charge in [-0.05, 0) is 24.6 Å². The van der Waals surface area contributed by atoms with Crippen molar-refractivity contribution >= 4 is 17.4 Å². The van der Waals surface area contributed by atoms with Gasteiger partial charge in [0.25, 0.3) is 0 Å². The Bertz CT molecular complexity index is 884. The molecular weight excluding hydrogens is 355 g/mol. The molecule has 0 aliphatic rings. The van der Waals surface area contributed by atoms with Crippen molar-refractivity contribution in [3.63, 3.8) is 0 Å². The third-order valence-electron chi connectivity index (χ3n) is 4.15. The van der Waals surface area contributed by atoms with E-state index in [1.54, 1.807) is 43.0 Å². The predicted molar refractivity (Wildman–Crippen MR) is 97.5 cm³/mol. The van der Waals surface area contributed by atoms with Gasteiger partial charge >= 0.3 is 0 Å². The molecule has 0 aliphatic carbocycles. The number of nitrogens with one attached hydrogen (secondary N) is 2. The van der Waals surface area contributed by atoms with Crippen LogP contribution in [0.25, 0.3) is 0 Å². The molecule has 3 rings (SSSR count). The standard InChI is InChI=1S/C19H18ClFN4O/c1-2-16(24-10-13-9-23-11-25-13)14-5-6-15(20)17(18(14)21)19(26)12-4-3-7-22-8-12/h3-9,11,16,24H,2,10H2,1H3,(H,23,25)/t16-/m1/s1. The van der Waals surface area contributed by atoms with E-state index >= 15 is 4.39 Å². The molecule has 0 fully saturated rings. The van der Waals surface area contributed by atoms with Gasteiger partial charge in [-0.3, -0.25) is 9.78 Å². The number of nitrogens with zero attached hydrogens (tertiary/aromatic N) is 2. The minimum absolute atomic E-state index is 0.0866. The van der Waals surface area contributed by atoms with Crippen molar-refractivity contribution in [1.82, 2.24) is 20.3 Å². The Morgan fingerprint density at radius 2 is 2.15 bits per heavy atom. The zero-order valence-corrected chi connectivity index (χ0v) is 14.9. The van der Waals surface area contributed by atoms with Crippen LogP contribution in [0.1, 0.15) is 46.6 Å². The van der Waals surface area contributed by atoms with Crippen molar-refractivity contribution in [2.75, 3.05) is 0 Å². The average molecular weight is 373 g/mol. The van der Waals surface area contributed by atoms with Crippen LogP contribution in [0.2, 0.25) is 5.02 Å². The van der Waals surface area contributed by atoms with E-state index in [-0.39, 0.29) is 16.6 Å². The number of aromatic amines is 1. The second-order valence-electron chi connectivity index (χ2n) is 5.82. The lowest BCUT2D eigenvalue weighted by molar-refractivity contribution is 0.103. The lowest BCUT2D eigenvalue weighted by Gasteiger charge is -2.19. The average Bonchev–Trinajstić information content (AvgIpc) is 3.18. The number of ketones is 1. The molecule has 0 bridgehead atoms. The highest BCUT2D eigenvalue weighted by atomic mass is 35.5. The highest BCUT2D eigenvalue weighted by Gasteiger charge is 2.24. The van der Waals surface area contributed by atoms with Gasteiger partial charge < -0.3 is 10.3 Å². The summed E-state index contributed by atoms with van der Waals surface area (Å²) in [5, 5.41) is 3.36. The number of hydrogen-bond acceptors (Lipinski definition) is 4. The van der Waals surface area contributed by atoms with Crippen LogP contribution in [0.3, 0.4) is 0 Å². The summed E-state index contributed by atoms with van der Waals surface area (Å²) < 4.78 is 15.2. The highest BCUT2D eigenvalue weighted by molar-refractivity contribution is 6.35. The summed E-state index contributed by atoms with van der Waals surface area (Å²) in [7, 11) is 0. The van der Waals surface area contributed by atoms with Crippen LogP contribution in [0.5, 0.6) is 0 Å². The molecule has 2 heterocycles. The summed E-state index contributed by atoms with van der Waals surface area (Å²) in [5.41, 5.74) is 1.47. The first kappa shape index (κ1) is 18.2. The molecule has 0 saturated heterocycles. The number of carbonyl (C=O) groups excluding carboxylic acids is 1. The van der Waals surface area contributed by atoms with E-state index in [4.69, 9.17) is 11.6 Å². The lowest BCUT2D eigenvalue weighted by Crippen LogP contribution is -2.22. The lowest BCUT2D eigenvalue weighted by atomic mass is 9.96. The first-order valence-electron chi connectivity index (χ1n) is 8.25. The molecule has 0 aliphatic heterocycles. The van der Waals surface area contributed by atoms with Gasteiger partial charge in [-0.1, -0.05) is 24.6 Å². The molecule has 0 amide bonds. The Hall–Kier alpha value is -2.57. The zero-order chi connectivity index (χ0) is 18.5. The summed E-state index contributed by atoms with van der Waals surface area (Å²) in [6.07, 6.45) is 6.89. The summed E-state index contributed by atoms with van der Waals surface area (Å²) in [6.45, 7) is 2.45. The highest BCUT2D eigenvalue weighted by Crippen LogP contribution is 2.29. The second-order valence-corrected chi connectivity index (χ2v) is 6.22. The van der Waals surface area contributed by atoms with Crippen LogP contribution in [-0.2, 0) is 6.54 Å². The smallest absolute Gasteiger partial charge is 0.199 e. The number of rotatable bonds is 7. The first-order chi connectivity index (χ1) is 12.6. The largest absolute Gasteiger partial charge is 0.347 e. The van der Waals surface area contributed by atoms with Gasteiger partial charge in [0, 0.05) is 48.0 Å². The molecule has 2 N–H and O–H groups in total. The molecule has 26 heavy (non-hydrogen) atoms. The summed E-state index contributed by atoms with van der Waals surface area (Å²) >= 11 is 6.14. The summed E-state index contributed by atoms with van der Waals surface area (Å²) in [5.74, 6) is -1.08. The minimum atomic E-state index is -0.602. The zero-order valence-electron chi connectivity index (χ0n) is 14.2. The molecule has 134 valence electrons. The monoisotopic (exact) mass is 372 g/mol. The van der Waals surface area contributed by atoms with Gasteiger partial charge in [0.2, 0.25) is 0 Å². The van der Waals surface area contributed by atoms with Crippen molar-refractivity contribution in [2.24, 2.45) is 0 Å². The Labute approximate surface area is 155 Å². The molecule has 2 aromatic heterocycles. The van der Waals surface area contributed by atoms with Gasteiger partial charge in [-0.25, -0.2) is 9.37 Å². The van der Waals surface area contributed by atoms with Crippen LogP contribution in [0.15, 0.2) is 49.2 Å². The van der Waals surface area contributed by atoms with Gasteiger partial charge in [0.1, 0.15) is 5.82 Å². The van der Waals surface area contributed by atoms with Crippen molar-refractivity contribution in [3.8, 4) is 0 Å². The molecule has 5 nitrogen and oxygen atoms in total. The Morgan fingerprint density at radius 1 is 1.31 bits per heavy atom. The fraction of sp³-hybridized carbons (Fsp3) is 0.211. The number of aromatic nitrogens is 3. The van der Waals surface area contributed by atoms with Gasteiger partial charge in [-0.2, -0.15) is 0 Å². The van der Waals surface area contributed by atoms with E-state index in [1.807, 2.05) is 6.92 Å². The van der Waals surface area contributed by atoms with Crippen LogP contribution >= 0.6 is 11.6 Å². The van der Waals surface area contributed by atoms with Gasteiger partial charge in [-0.15, -0.1) is 0 Å². The van der Waals surface area contributed by atoms with Crippen LogP contribution in [0.4, 0.5) is 4.39 Å². The van der Waals surface area contributed by atoms with Crippen LogP contribution in [0, 0.1) is 5.82 Å².